The molecule has 2 atom stereocenters. The predicted octanol–water partition coefficient (Wildman–Crippen LogP) is 2.97. The lowest BCUT2D eigenvalue weighted by molar-refractivity contribution is 0.143. The minimum atomic E-state index is -3.27. The Morgan fingerprint density at radius 1 is 1.00 bits per heavy atom. The molecule has 0 amide bonds. The highest BCUT2D eigenvalue weighted by atomic mass is 32.2. The van der Waals surface area contributed by atoms with Crippen molar-refractivity contribution >= 4 is 20.8 Å². The minimum Gasteiger partial charge on any atom is -0.294 e. The van der Waals surface area contributed by atoms with Crippen LogP contribution in [0.25, 0.3) is 10.8 Å². The van der Waals surface area contributed by atoms with Crippen molar-refractivity contribution in [3.05, 3.63) is 47.5 Å². The normalized spacial score (nSPS) is 25.1. The standard InChI is InChI=1S/C18H22N2O2S/c1-23(21,22)19-17-14-9-5-7-13-8-6-10-15(16(13)14)18(17)20-11-3-2-4-12-20/h5-10,17-19H,2-4,11-12H2,1H3. The zero-order valence-electron chi connectivity index (χ0n) is 13.3. The smallest absolute Gasteiger partial charge is 0.209 e. The van der Waals surface area contributed by atoms with E-state index in [2.05, 4.69) is 40.0 Å². The van der Waals surface area contributed by atoms with Gasteiger partial charge in [-0.15, -0.1) is 0 Å². The van der Waals surface area contributed by atoms with Crippen LogP contribution in [0.5, 0.6) is 0 Å². The summed E-state index contributed by atoms with van der Waals surface area (Å²) < 4.78 is 26.8. The maximum absolute atomic E-state index is 12.0. The molecule has 0 radical (unpaired) electrons. The maximum atomic E-state index is 12.0. The average molecular weight is 330 g/mol. The third-order valence-corrected chi connectivity index (χ3v) is 5.75. The Morgan fingerprint density at radius 3 is 2.30 bits per heavy atom. The lowest BCUT2D eigenvalue weighted by atomic mass is 10.0. The molecule has 4 rings (SSSR count). The highest BCUT2D eigenvalue weighted by molar-refractivity contribution is 7.88. The second kappa shape index (κ2) is 5.58. The summed E-state index contributed by atoms with van der Waals surface area (Å²) >= 11 is 0. The molecule has 4 nitrogen and oxygen atoms in total. The van der Waals surface area contributed by atoms with E-state index in [9.17, 15) is 8.42 Å². The Balaban J connectivity index is 1.87. The van der Waals surface area contributed by atoms with Crippen LogP contribution in [0.1, 0.15) is 42.5 Å². The largest absolute Gasteiger partial charge is 0.294 e. The molecular weight excluding hydrogens is 308 g/mol. The van der Waals surface area contributed by atoms with Gasteiger partial charge in [0.2, 0.25) is 10.0 Å². The van der Waals surface area contributed by atoms with Crippen LogP contribution >= 0.6 is 0 Å². The Kier molecular flexibility index (Phi) is 3.67. The molecule has 1 fully saturated rings. The van der Waals surface area contributed by atoms with E-state index >= 15 is 0 Å². The number of hydrogen-bond acceptors (Lipinski definition) is 3. The van der Waals surface area contributed by atoms with Crippen LogP contribution in [0.4, 0.5) is 0 Å². The van der Waals surface area contributed by atoms with Crippen molar-refractivity contribution in [3.8, 4) is 0 Å². The Bertz CT molecular complexity index is 836. The van der Waals surface area contributed by atoms with Crippen LogP contribution in [-0.4, -0.2) is 32.7 Å². The molecule has 1 aliphatic heterocycles. The first-order valence-corrected chi connectivity index (χ1v) is 10.2. The molecule has 2 aromatic carbocycles. The summed E-state index contributed by atoms with van der Waals surface area (Å²) in [6, 6.07) is 12.5. The third kappa shape index (κ3) is 2.67. The zero-order chi connectivity index (χ0) is 16.0. The number of hydrogen-bond donors (Lipinski definition) is 1. The molecule has 1 aliphatic carbocycles. The summed E-state index contributed by atoms with van der Waals surface area (Å²) in [5.41, 5.74) is 2.38. The van der Waals surface area contributed by atoms with E-state index in [1.54, 1.807) is 0 Å². The van der Waals surface area contributed by atoms with Gasteiger partial charge in [0.1, 0.15) is 0 Å². The van der Waals surface area contributed by atoms with Crippen molar-refractivity contribution in [2.24, 2.45) is 0 Å². The average Bonchev–Trinajstić information content (AvgIpc) is 2.83. The van der Waals surface area contributed by atoms with E-state index in [4.69, 9.17) is 0 Å². The SMILES string of the molecule is CS(=O)(=O)NC1c2cccc3cccc(c23)C1N1CCCCC1. The summed E-state index contributed by atoms with van der Waals surface area (Å²) in [7, 11) is -3.27. The van der Waals surface area contributed by atoms with E-state index in [1.165, 1.54) is 41.9 Å². The van der Waals surface area contributed by atoms with Gasteiger partial charge in [0, 0.05) is 0 Å². The van der Waals surface area contributed by atoms with Crippen LogP contribution in [0.15, 0.2) is 36.4 Å². The van der Waals surface area contributed by atoms with Crippen molar-refractivity contribution < 1.29 is 8.42 Å². The Labute approximate surface area is 137 Å². The molecule has 23 heavy (non-hydrogen) atoms. The van der Waals surface area contributed by atoms with Crippen molar-refractivity contribution in [3.63, 3.8) is 0 Å². The van der Waals surface area contributed by atoms with Gasteiger partial charge in [0.15, 0.2) is 0 Å². The zero-order valence-corrected chi connectivity index (χ0v) is 14.1. The molecule has 2 unspecified atom stereocenters. The van der Waals surface area contributed by atoms with Crippen LogP contribution in [0.3, 0.4) is 0 Å². The second-order valence-electron chi connectivity index (χ2n) is 6.70. The molecule has 122 valence electrons. The number of likely N-dealkylation sites (tertiary alicyclic amines) is 1. The van der Waals surface area contributed by atoms with Gasteiger partial charge in [0.05, 0.1) is 18.3 Å². The first-order valence-electron chi connectivity index (χ1n) is 8.27. The number of piperidine rings is 1. The van der Waals surface area contributed by atoms with E-state index in [-0.39, 0.29) is 12.1 Å². The van der Waals surface area contributed by atoms with Crippen LogP contribution < -0.4 is 4.72 Å². The molecule has 0 spiro atoms. The van der Waals surface area contributed by atoms with Crippen molar-refractivity contribution in [1.29, 1.82) is 0 Å². The lowest BCUT2D eigenvalue weighted by Crippen LogP contribution is -2.40. The molecule has 2 aliphatic rings. The second-order valence-corrected chi connectivity index (χ2v) is 8.48. The quantitative estimate of drug-likeness (QED) is 0.941. The van der Waals surface area contributed by atoms with Gasteiger partial charge >= 0.3 is 0 Å². The molecule has 0 bridgehead atoms. The van der Waals surface area contributed by atoms with Gasteiger partial charge in [0.25, 0.3) is 0 Å². The number of sulfonamides is 1. The van der Waals surface area contributed by atoms with Crippen LogP contribution in [0.2, 0.25) is 0 Å². The molecule has 2 aromatic rings. The summed E-state index contributed by atoms with van der Waals surface area (Å²) in [5, 5.41) is 2.42. The maximum Gasteiger partial charge on any atom is 0.209 e. The molecular formula is C18H22N2O2S. The number of rotatable bonds is 3. The Morgan fingerprint density at radius 2 is 1.65 bits per heavy atom. The van der Waals surface area contributed by atoms with Crippen LogP contribution in [0, 0.1) is 0 Å². The van der Waals surface area contributed by atoms with E-state index < -0.39 is 10.0 Å². The van der Waals surface area contributed by atoms with E-state index in [0.29, 0.717) is 0 Å². The summed E-state index contributed by atoms with van der Waals surface area (Å²) in [6.45, 7) is 2.08. The fourth-order valence-corrected chi connectivity index (χ4v) is 4.93. The highest BCUT2D eigenvalue weighted by Gasteiger charge is 2.39. The summed E-state index contributed by atoms with van der Waals surface area (Å²) in [6.07, 6.45) is 4.90. The summed E-state index contributed by atoms with van der Waals surface area (Å²) in [5.74, 6) is 0. The fraction of sp³-hybridized carbons (Fsp3) is 0.444. The fourth-order valence-electron chi connectivity index (χ4n) is 4.22. The van der Waals surface area contributed by atoms with Gasteiger partial charge in [-0.3, -0.25) is 4.90 Å². The Hall–Kier alpha value is -1.43. The molecule has 1 heterocycles. The number of nitrogens with zero attached hydrogens (tertiary/aromatic N) is 1. The van der Waals surface area contributed by atoms with Crippen molar-refractivity contribution in [2.45, 2.75) is 31.3 Å². The van der Waals surface area contributed by atoms with E-state index in [0.717, 1.165) is 18.7 Å². The van der Waals surface area contributed by atoms with Gasteiger partial charge in [-0.25, -0.2) is 13.1 Å². The molecule has 1 saturated heterocycles. The first kappa shape index (κ1) is 15.1. The first-order chi connectivity index (χ1) is 11.0. The van der Waals surface area contributed by atoms with Crippen molar-refractivity contribution in [2.75, 3.05) is 19.3 Å². The molecule has 0 aromatic heterocycles. The monoisotopic (exact) mass is 330 g/mol. The lowest BCUT2D eigenvalue weighted by Gasteiger charge is -2.36. The molecule has 0 saturated carbocycles. The van der Waals surface area contributed by atoms with Gasteiger partial charge in [-0.1, -0.05) is 42.8 Å². The topological polar surface area (TPSA) is 49.4 Å². The third-order valence-electron chi connectivity index (χ3n) is 5.06. The number of nitrogens with one attached hydrogen (secondary N) is 1. The van der Waals surface area contributed by atoms with Gasteiger partial charge in [-0.05, 0) is 47.8 Å². The van der Waals surface area contributed by atoms with E-state index in [1.807, 2.05) is 6.07 Å². The number of benzene rings is 2. The predicted molar refractivity (Wildman–Crippen MR) is 92.8 cm³/mol. The van der Waals surface area contributed by atoms with Gasteiger partial charge < -0.3 is 0 Å². The summed E-state index contributed by atoms with van der Waals surface area (Å²) in [4.78, 5) is 2.46. The van der Waals surface area contributed by atoms with Gasteiger partial charge in [-0.2, -0.15) is 0 Å². The van der Waals surface area contributed by atoms with Crippen molar-refractivity contribution in [1.82, 2.24) is 9.62 Å². The van der Waals surface area contributed by atoms with Crippen LogP contribution in [-0.2, 0) is 10.0 Å². The minimum absolute atomic E-state index is 0.103. The molecule has 5 heteroatoms. The highest BCUT2D eigenvalue weighted by Crippen LogP contribution is 2.47. The molecule has 1 N–H and O–H groups in total.